The van der Waals surface area contributed by atoms with E-state index in [4.69, 9.17) is 0 Å². The molecule has 0 spiro atoms. The zero-order valence-corrected chi connectivity index (χ0v) is 17.2. The predicted molar refractivity (Wildman–Crippen MR) is 96.7 cm³/mol. The Kier molecular flexibility index (Phi) is 9.24. The lowest BCUT2D eigenvalue weighted by Gasteiger charge is -2.23. The Labute approximate surface area is 182 Å². The summed E-state index contributed by atoms with van der Waals surface area (Å²) in [7, 11) is 0. The van der Waals surface area contributed by atoms with Gasteiger partial charge in [-0.15, -0.1) is 0 Å². The molecule has 14 heteroatoms. The molecule has 0 fully saturated rings. The topological polar surface area (TPSA) is 119 Å². The van der Waals surface area contributed by atoms with Gasteiger partial charge in [-0.3, -0.25) is 14.4 Å². The minimum atomic E-state index is -5.25. The van der Waals surface area contributed by atoms with Gasteiger partial charge in [0.2, 0.25) is 0 Å². The van der Waals surface area contributed by atoms with Gasteiger partial charge < -0.3 is 19.9 Å². The highest BCUT2D eigenvalue weighted by molar-refractivity contribution is 5.98. The first-order valence-electron chi connectivity index (χ1n) is 9.27. The first-order valence-corrected chi connectivity index (χ1v) is 9.27. The van der Waals surface area contributed by atoms with Crippen LogP contribution in [-0.4, -0.2) is 48.2 Å². The summed E-state index contributed by atoms with van der Waals surface area (Å²) in [6.07, 6.45) is -11.4. The molecule has 184 valence electrons. The molecule has 0 saturated heterocycles. The second-order valence-corrected chi connectivity index (χ2v) is 6.45. The van der Waals surface area contributed by atoms with Gasteiger partial charge in [-0.05, 0) is 32.0 Å². The van der Waals surface area contributed by atoms with Crippen LogP contribution in [0.2, 0.25) is 0 Å². The fraction of sp³-hybridized carbons (Fsp3) is 0.474. The molecule has 1 rings (SSSR count). The number of alkyl halides is 6. The standard InChI is InChI=1S/C19H19F6NO7/c1-3-32-13(27)8-12(17(31)33-4-2)14(16(29)30)26-15(28)9-5-10(18(20,21)22)7-11(6-9)19(23,24)25/h5-7,12,14H,3-4,8H2,1-2H3,(H,26,28)(H,29,30)/t12-,14-/m0/s1. The van der Waals surface area contributed by atoms with Gasteiger partial charge >= 0.3 is 30.3 Å². The van der Waals surface area contributed by atoms with E-state index in [-0.39, 0.29) is 31.4 Å². The molecule has 1 aromatic carbocycles. The molecule has 0 unspecified atom stereocenters. The van der Waals surface area contributed by atoms with Crippen LogP contribution in [-0.2, 0) is 36.2 Å². The fourth-order valence-corrected chi connectivity index (χ4v) is 2.63. The zero-order chi connectivity index (χ0) is 25.6. The number of nitrogens with one attached hydrogen (secondary N) is 1. The van der Waals surface area contributed by atoms with E-state index in [9.17, 15) is 50.6 Å². The third-order valence-electron chi connectivity index (χ3n) is 4.09. The van der Waals surface area contributed by atoms with Gasteiger partial charge in [-0.25, -0.2) is 4.79 Å². The summed E-state index contributed by atoms with van der Waals surface area (Å²) in [6.45, 7) is 2.39. The molecule has 0 radical (unpaired) electrons. The summed E-state index contributed by atoms with van der Waals surface area (Å²) < 4.78 is 87.4. The molecule has 33 heavy (non-hydrogen) atoms. The van der Waals surface area contributed by atoms with Crippen LogP contribution in [0.4, 0.5) is 26.3 Å². The Bertz CT molecular complexity index is 865. The Morgan fingerprint density at radius 1 is 0.909 bits per heavy atom. The van der Waals surface area contributed by atoms with Gasteiger partial charge in [0.1, 0.15) is 6.04 Å². The molecule has 8 nitrogen and oxygen atoms in total. The smallest absolute Gasteiger partial charge is 0.416 e. The van der Waals surface area contributed by atoms with Crippen LogP contribution in [0, 0.1) is 5.92 Å². The van der Waals surface area contributed by atoms with Crippen molar-refractivity contribution in [2.75, 3.05) is 13.2 Å². The number of benzene rings is 1. The van der Waals surface area contributed by atoms with Crippen molar-refractivity contribution in [1.82, 2.24) is 5.32 Å². The first kappa shape index (κ1) is 27.7. The summed E-state index contributed by atoms with van der Waals surface area (Å²) in [5.74, 6) is -7.73. The lowest BCUT2D eigenvalue weighted by atomic mass is 9.95. The van der Waals surface area contributed by atoms with E-state index < -0.39 is 71.2 Å². The van der Waals surface area contributed by atoms with Gasteiger partial charge in [0.05, 0.1) is 36.7 Å². The summed E-state index contributed by atoms with van der Waals surface area (Å²) in [6, 6.07) is -2.26. The Hall–Kier alpha value is -3.32. The third-order valence-corrected chi connectivity index (χ3v) is 4.09. The molecule has 0 aliphatic rings. The number of hydrogen-bond acceptors (Lipinski definition) is 6. The molecule has 0 bridgehead atoms. The van der Waals surface area contributed by atoms with E-state index in [1.165, 1.54) is 13.8 Å². The number of esters is 2. The summed E-state index contributed by atoms with van der Waals surface area (Å²) >= 11 is 0. The number of amides is 1. The molecule has 0 aliphatic carbocycles. The SMILES string of the molecule is CCOC(=O)C[C@H](C(=O)OCC)[C@H](NC(=O)c1cc(C(F)(F)F)cc(C(F)(F)F)c1)C(=O)O. The highest BCUT2D eigenvalue weighted by Crippen LogP contribution is 2.36. The third kappa shape index (κ3) is 7.95. The number of hydrogen-bond donors (Lipinski definition) is 2. The van der Waals surface area contributed by atoms with Gasteiger partial charge in [0.15, 0.2) is 0 Å². The largest absolute Gasteiger partial charge is 0.480 e. The molecular formula is C19H19F6NO7. The second-order valence-electron chi connectivity index (χ2n) is 6.45. The van der Waals surface area contributed by atoms with Crippen LogP contribution in [0.25, 0.3) is 0 Å². The Balaban J connectivity index is 3.40. The molecule has 0 heterocycles. The highest BCUT2D eigenvalue weighted by Gasteiger charge is 2.40. The molecule has 2 N–H and O–H groups in total. The van der Waals surface area contributed by atoms with Crippen LogP contribution in [0.5, 0.6) is 0 Å². The number of ether oxygens (including phenoxy) is 2. The number of rotatable bonds is 9. The van der Waals surface area contributed by atoms with Crippen molar-refractivity contribution >= 4 is 23.8 Å². The number of aliphatic carboxylic acids is 1. The van der Waals surface area contributed by atoms with E-state index in [0.717, 1.165) is 0 Å². The summed E-state index contributed by atoms with van der Waals surface area (Å²) in [5.41, 5.74) is -4.77. The summed E-state index contributed by atoms with van der Waals surface area (Å²) in [5, 5.41) is 11.1. The first-order chi connectivity index (χ1) is 15.1. The maximum atomic E-state index is 13.0. The Morgan fingerprint density at radius 3 is 1.79 bits per heavy atom. The number of carbonyl (C=O) groups excluding carboxylic acids is 3. The average molecular weight is 487 g/mol. The van der Waals surface area contributed by atoms with E-state index in [1.807, 2.05) is 0 Å². The minimum absolute atomic E-state index is 0.0915. The molecule has 0 saturated carbocycles. The predicted octanol–water partition coefficient (Wildman–Crippen LogP) is 3.04. The molecule has 0 aliphatic heterocycles. The van der Waals surface area contributed by atoms with E-state index in [1.54, 1.807) is 5.32 Å². The lowest BCUT2D eigenvalue weighted by Crippen LogP contribution is -2.49. The van der Waals surface area contributed by atoms with Crippen LogP contribution in [0.15, 0.2) is 18.2 Å². The van der Waals surface area contributed by atoms with Gasteiger partial charge in [0, 0.05) is 5.56 Å². The van der Waals surface area contributed by atoms with Crippen LogP contribution in [0.1, 0.15) is 41.8 Å². The average Bonchev–Trinajstić information content (AvgIpc) is 2.68. The quantitative estimate of drug-likeness (QED) is 0.406. The van der Waals surface area contributed by atoms with E-state index in [2.05, 4.69) is 9.47 Å². The normalized spacial score (nSPS) is 13.6. The van der Waals surface area contributed by atoms with Crippen LogP contribution >= 0.6 is 0 Å². The van der Waals surface area contributed by atoms with Crippen molar-refractivity contribution in [2.45, 2.75) is 38.7 Å². The molecule has 0 aromatic heterocycles. The fourth-order valence-electron chi connectivity index (χ4n) is 2.63. The van der Waals surface area contributed by atoms with Crippen molar-refractivity contribution < 1.29 is 60.1 Å². The van der Waals surface area contributed by atoms with Gasteiger partial charge in [-0.1, -0.05) is 0 Å². The van der Waals surface area contributed by atoms with Gasteiger partial charge in [0.25, 0.3) is 5.91 Å². The molecular weight excluding hydrogens is 468 g/mol. The maximum Gasteiger partial charge on any atom is 0.416 e. The van der Waals surface area contributed by atoms with Crippen LogP contribution < -0.4 is 5.32 Å². The Morgan fingerprint density at radius 2 is 1.39 bits per heavy atom. The van der Waals surface area contributed by atoms with Crippen LogP contribution in [0.3, 0.4) is 0 Å². The van der Waals surface area contributed by atoms with Crippen molar-refractivity contribution in [2.24, 2.45) is 5.92 Å². The number of carboxylic acid groups (broad SMARTS) is 1. The lowest BCUT2D eigenvalue weighted by molar-refractivity contribution is -0.159. The van der Waals surface area contributed by atoms with E-state index in [0.29, 0.717) is 0 Å². The van der Waals surface area contributed by atoms with Crippen molar-refractivity contribution in [3.8, 4) is 0 Å². The number of carboxylic acids is 1. The minimum Gasteiger partial charge on any atom is -0.480 e. The van der Waals surface area contributed by atoms with Gasteiger partial charge in [-0.2, -0.15) is 26.3 Å². The van der Waals surface area contributed by atoms with Crippen molar-refractivity contribution in [1.29, 1.82) is 0 Å². The molecule has 2 atom stereocenters. The molecule has 1 aromatic rings. The summed E-state index contributed by atoms with van der Waals surface area (Å²) in [4.78, 5) is 48.1. The van der Waals surface area contributed by atoms with Crippen molar-refractivity contribution in [3.63, 3.8) is 0 Å². The zero-order valence-electron chi connectivity index (χ0n) is 17.2. The second kappa shape index (κ2) is 11.0. The van der Waals surface area contributed by atoms with Crippen molar-refractivity contribution in [3.05, 3.63) is 34.9 Å². The monoisotopic (exact) mass is 487 g/mol. The number of carbonyl (C=O) groups is 4. The maximum absolute atomic E-state index is 13.0. The number of halogens is 6. The highest BCUT2D eigenvalue weighted by atomic mass is 19.4. The molecule has 1 amide bonds. The van der Waals surface area contributed by atoms with E-state index >= 15 is 0 Å².